The molecule has 0 fully saturated rings. The van der Waals surface area contributed by atoms with Crippen molar-refractivity contribution in [1.82, 2.24) is 20.0 Å². The summed E-state index contributed by atoms with van der Waals surface area (Å²) in [5, 5.41) is 7.46. The Bertz CT molecular complexity index is 454. The zero-order valence-electron chi connectivity index (χ0n) is 7.51. The van der Waals surface area contributed by atoms with Gasteiger partial charge >= 0.3 is 0 Å². The number of anilines is 1. The van der Waals surface area contributed by atoms with Crippen molar-refractivity contribution >= 4 is 5.69 Å². The van der Waals surface area contributed by atoms with Gasteiger partial charge in [0.1, 0.15) is 0 Å². The van der Waals surface area contributed by atoms with Gasteiger partial charge in [-0.2, -0.15) is 10.2 Å². The molecule has 2 rings (SSSR count). The molecule has 0 amide bonds. The minimum absolute atomic E-state index is 0.01000. The van der Waals surface area contributed by atoms with Crippen molar-refractivity contribution in [2.24, 2.45) is 0 Å². The van der Waals surface area contributed by atoms with E-state index in [4.69, 9.17) is 5.73 Å². The molecule has 0 saturated carbocycles. The Morgan fingerprint density at radius 1 is 1.27 bits per heavy atom. The van der Waals surface area contributed by atoms with Crippen LogP contribution >= 0.6 is 0 Å². The topological polar surface area (TPSA) is 69.6 Å². The van der Waals surface area contributed by atoms with Crippen molar-refractivity contribution in [3.05, 3.63) is 30.2 Å². The maximum Gasteiger partial charge on any atom is 0.267 e. The number of hydrogen-bond acceptors (Lipinski definition) is 4. The van der Waals surface area contributed by atoms with Gasteiger partial charge in [-0.05, 0) is 6.07 Å². The summed E-state index contributed by atoms with van der Waals surface area (Å²) in [7, 11) is 0. The highest BCUT2D eigenvalue weighted by Crippen LogP contribution is 2.24. The number of alkyl halides is 2. The lowest BCUT2D eigenvalue weighted by molar-refractivity contribution is 0.150. The number of aromatic nitrogens is 4. The van der Waals surface area contributed by atoms with Crippen LogP contribution in [0.2, 0.25) is 0 Å². The van der Waals surface area contributed by atoms with Crippen molar-refractivity contribution < 1.29 is 8.78 Å². The van der Waals surface area contributed by atoms with E-state index in [0.717, 1.165) is 10.9 Å². The SMILES string of the molecule is Nc1cnc(-n2nccn2)c(C(F)F)c1. The Hall–Kier alpha value is -2.05. The molecule has 0 unspecified atom stereocenters. The predicted octanol–water partition coefficient (Wildman–Crippen LogP) is 1.18. The Balaban J connectivity index is 2.56. The van der Waals surface area contributed by atoms with Gasteiger partial charge in [-0.15, -0.1) is 4.80 Å². The number of nitrogen functional groups attached to an aromatic ring is 1. The number of hydrogen-bond donors (Lipinski definition) is 1. The average Bonchev–Trinajstić information content (AvgIpc) is 2.70. The third-order valence-electron chi connectivity index (χ3n) is 1.76. The summed E-state index contributed by atoms with van der Waals surface area (Å²) in [6.45, 7) is 0. The Morgan fingerprint density at radius 2 is 1.93 bits per heavy atom. The predicted molar refractivity (Wildman–Crippen MR) is 48.5 cm³/mol. The number of pyridine rings is 1. The molecule has 0 saturated heterocycles. The average molecular weight is 211 g/mol. The molecule has 0 aromatic carbocycles. The van der Waals surface area contributed by atoms with Gasteiger partial charge in [-0.25, -0.2) is 13.8 Å². The van der Waals surface area contributed by atoms with Gasteiger partial charge in [0.05, 0.1) is 29.8 Å². The van der Waals surface area contributed by atoms with Crippen molar-refractivity contribution in [3.8, 4) is 5.82 Å². The van der Waals surface area contributed by atoms with E-state index in [9.17, 15) is 8.78 Å². The monoisotopic (exact) mass is 211 g/mol. The second kappa shape index (κ2) is 3.60. The van der Waals surface area contributed by atoms with Crippen LogP contribution in [0.4, 0.5) is 14.5 Å². The highest BCUT2D eigenvalue weighted by Gasteiger charge is 2.16. The third kappa shape index (κ3) is 1.76. The van der Waals surface area contributed by atoms with E-state index < -0.39 is 6.43 Å². The molecular weight excluding hydrogens is 204 g/mol. The Morgan fingerprint density at radius 3 is 2.53 bits per heavy atom. The molecule has 0 aliphatic carbocycles. The van der Waals surface area contributed by atoms with Gasteiger partial charge in [0.25, 0.3) is 6.43 Å². The summed E-state index contributed by atoms with van der Waals surface area (Å²) in [6.07, 6.45) is 1.38. The van der Waals surface area contributed by atoms with Crippen LogP contribution in [0.3, 0.4) is 0 Å². The molecule has 7 heteroatoms. The Kier molecular flexibility index (Phi) is 2.28. The minimum atomic E-state index is -2.66. The standard InChI is InChI=1S/C8H7F2N5/c9-7(10)6-3-5(11)4-12-8(6)15-13-1-2-14-15/h1-4,7H,11H2. The van der Waals surface area contributed by atoms with Gasteiger partial charge in [0.15, 0.2) is 5.82 Å². The van der Waals surface area contributed by atoms with Crippen molar-refractivity contribution in [3.63, 3.8) is 0 Å². The molecule has 0 radical (unpaired) electrons. The molecule has 2 heterocycles. The molecule has 15 heavy (non-hydrogen) atoms. The second-order valence-corrected chi connectivity index (χ2v) is 2.80. The van der Waals surface area contributed by atoms with E-state index in [1.165, 1.54) is 18.6 Å². The van der Waals surface area contributed by atoms with Gasteiger partial charge in [0.2, 0.25) is 0 Å². The summed E-state index contributed by atoms with van der Waals surface area (Å²) in [6, 6.07) is 1.16. The van der Waals surface area contributed by atoms with E-state index in [2.05, 4.69) is 15.2 Å². The lowest BCUT2D eigenvalue weighted by atomic mass is 10.2. The molecule has 0 spiro atoms. The number of halogens is 2. The lowest BCUT2D eigenvalue weighted by Gasteiger charge is -2.06. The lowest BCUT2D eigenvalue weighted by Crippen LogP contribution is -2.07. The van der Waals surface area contributed by atoms with Crippen molar-refractivity contribution in [1.29, 1.82) is 0 Å². The van der Waals surface area contributed by atoms with E-state index in [-0.39, 0.29) is 17.1 Å². The molecule has 2 N–H and O–H groups in total. The van der Waals surface area contributed by atoms with Crippen LogP contribution in [0.25, 0.3) is 5.82 Å². The van der Waals surface area contributed by atoms with Gasteiger partial charge < -0.3 is 5.73 Å². The maximum atomic E-state index is 12.6. The van der Waals surface area contributed by atoms with Crippen LogP contribution in [-0.2, 0) is 0 Å². The fraction of sp³-hybridized carbons (Fsp3) is 0.125. The summed E-state index contributed by atoms with van der Waals surface area (Å²) in [5.41, 5.74) is 5.27. The van der Waals surface area contributed by atoms with Gasteiger partial charge in [0, 0.05) is 0 Å². The zero-order chi connectivity index (χ0) is 10.8. The molecule has 78 valence electrons. The van der Waals surface area contributed by atoms with Crippen LogP contribution < -0.4 is 5.73 Å². The van der Waals surface area contributed by atoms with Crippen LogP contribution in [0.5, 0.6) is 0 Å². The fourth-order valence-electron chi connectivity index (χ4n) is 1.14. The third-order valence-corrected chi connectivity index (χ3v) is 1.76. The van der Waals surface area contributed by atoms with E-state index in [1.807, 2.05) is 0 Å². The molecule has 0 atom stereocenters. The van der Waals surface area contributed by atoms with Crippen LogP contribution in [0.1, 0.15) is 12.0 Å². The molecular formula is C8H7F2N5. The first-order valence-electron chi connectivity index (χ1n) is 4.08. The van der Waals surface area contributed by atoms with Gasteiger partial charge in [-0.3, -0.25) is 0 Å². The maximum absolute atomic E-state index is 12.6. The van der Waals surface area contributed by atoms with Crippen molar-refractivity contribution in [2.45, 2.75) is 6.43 Å². The molecule has 0 bridgehead atoms. The summed E-state index contributed by atoms with van der Waals surface area (Å²) >= 11 is 0. The Labute approximate surface area is 83.5 Å². The van der Waals surface area contributed by atoms with E-state index in [1.54, 1.807) is 0 Å². The smallest absolute Gasteiger partial charge is 0.267 e. The van der Waals surface area contributed by atoms with E-state index in [0.29, 0.717) is 0 Å². The highest BCUT2D eigenvalue weighted by molar-refractivity contribution is 5.45. The molecule has 5 nitrogen and oxygen atoms in total. The first kappa shape index (κ1) is 9.50. The molecule has 0 aliphatic rings. The second-order valence-electron chi connectivity index (χ2n) is 2.80. The summed E-state index contributed by atoms with van der Waals surface area (Å²) in [4.78, 5) is 4.80. The molecule has 2 aromatic rings. The first-order chi connectivity index (χ1) is 7.18. The minimum Gasteiger partial charge on any atom is -0.397 e. The normalized spacial score (nSPS) is 10.9. The first-order valence-corrected chi connectivity index (χ1v) is 4.08. The largest absolute Gasteiger partial charge is 0.397 e. The van der Waals surface area contributed by atoms with E-state index >= 15 is 0 Å². The summed E-state index contributed by atoms with van der Waals surface area (Å²) < 4.78 is 25.3. The zero-order valence-corrected chi connectivity index (χ0v) is 7.51. The number of nitrogens with two attached hydrogens (primary N) is 1. The van der Waals surface area contributed by atoms with Crippen LogP contribution in [-0.4, -0.2) is 20.0 Å². The molecule has 0 aliphatic heterocycles. The quantitative estimate of drug-likeness (QED) is 0.809. The number of rotatable bonds is 2. The highest BCUT2D eigenvalue weighted by atomic mass is 19.3. The van der Waals surface area contributed by atoms with Crippen LogP contribution in [0.15, 0.2) is 24.7 Å². The molecule has 2 aromatic heterocycles. The van der Waals surface area contributed by atoms with Crippen LogP contribution in [0, 0.1) is 0 Å². The van der Waals surface area contributed by atoms with Gasteiger partial charge in [-0.1, -0.05) is 0 Å². The fourth-order valence-corrected chi connectivity index (χ4v) is 1.14. The number of nitrogens with zero attached hydrogens (tertiary/aromatic N) is 4. The summed E-state index contributed by atoms with van der Waals surface area (Å²) in [5.74, 6) is -0.01000. The van der Waals surface area contributed by atoms with Crippen molar-refractivity contribution in [2.75, 3.05) is 5.73 Å².